The molecule has 3 nitrogen and oxygen atoms in total. The summed E-state index contributed by atoms with van der Waals surface area (Å²) in [7, 11) is 0. The van der Waals surface area contributed by atoms with E-state index in [2.05, 4.69) is 5.10 Å². The van der Waals surface area contributed by atoms with E-state index in [0.29, 0.717) is 5.56 Å². The number of halogens is 2. The molecule has 0 atom stereocenters. The second kappa shape index (κ2) is 2.60. The molecule has 0 aromatic carbocycles. The Morgan fingerprint density at radius 3 is 2.70 bits per heavy atom. The Balaban J connectivity index is 3.28. The predicted molar refractivity (Wildman–Crippen MR) is 38.0 cm³/mol. The highest BCUT2D eigenvalue weighted by Crippen LogP contribution is 2.11. The van der Waals surface area contributed by atoms with Crippen molar-refractivity contribution in [1.29, 1.82) is 0 Å². The first-order valence-corrected chi connectivity index (χ1v) is 3.29. The number of hydrogen-bond acceptors (Lipinski definition) is 2. The fraction of sp³-hybridized carbons (Fsp3) is 0.200. The lowest BCUT2D eigenvalue weighted by Gasteiger charge is -1.96. The first kappa shape index (κ1) is 7.57. The van der Waals surface area contributed by atoms with E-state index in [0.717, 1.165) is 0 Å². The standard InChI is InChI=1S/C5H4Cl2N2O/c1-3-2-4(6)9(10)8-5(3)7/h2H,1H3. The molecule has 0 spiro atoms. The molecule has 0 bridgehead atoms. The highest BCUT2D eigenvalue weighted by Gasteiger charge is 2.07. The summed E-state index contributed by atoms with van der Waals surface area (Å²) in [5.74, 6) is 0. The van der Waals surface area contributed by atoms with E-state index < -0.39 is 0 Å². The summed E-state index contributed by atoms with van der Waals surface area (Å²) < 4.78 is 0. The zero-order valence-electron chi connectivity index (χ0n) is 5.14. The molecule has 0 N–H and O–H groups in total. The molecule has 1 aromatic rings. The Morgan fingerprint density at radius 1 is 1.60 bits per heavy atom. The molecule has 1 heterocycles. The van der Waals surface area contributed by atoms with E-state index >= 15 is 0 Å². The maximum atomic E-state index is 10.6. The second-order valence-electron chi connectivity index (χ2n) is 1.81. The third-order valence-corrected chi connectivity index (χ3v) is 1.65. The highest BCUT2D eigenvalue weighted by molar-refractivity contribution is 6.31. The minimum absolute atomic E-state index is 0.0295. The van der Waals surface area contributed by atoms with Crippen LogP contribution < -0.4 is 4.85 Å². The lowest BCUT2D eigenvalue weighted by Crippen LogP contribution is -2.32. The van der Waals surface area contributed by atoms with Crippen LogP contribution in [0.5, 0.6) is 0 Å². The van der Waals surface area contributed by atoms with Crippen molar-refractivity contribution in [2.24, 2.45) is 0 Å². The molecule has 0 radical (unpaired) electrons. The van der Waals surface area contributed by atoms with Gasteiger partial charge in [-0.05, 0) is 23.4 Å². The molecule has 0 amide bonds. The van der Waals surface area contributed by atoms with Crippen molar-refractivity contribution in [3.05, 3.63) is 27.1 Å². The number of hydrogen-bond donors (Lipinski definition) is 0. The summed E-state index contributed by atoms with van der Waals surface area (Å²) in [6.07, 6.45) is 0. The Labute approximate surface area is 67.8 Å². The van der Waals surface area contributed by atoms with Crippen LogP contribution in [0.3, 0.4) is 0 Å². The molecule has 0 saturated heterocycles. The molecule has 1 rings (SSSR count). The Hall–Kier alpha value is -0.540. The minimum Gasteiger partial charge on any atom is -0.593 e. The number of aryl methyl sites for hydroxylation is 1. The Morgan fingerprint density at radius 2 is 2.20 bits per heavy atom. The first-order chi connectivity index (χ1) is 4.61. The van der Waals surface area contributed by atoms with Gasteiger partial charge in [0, 0.05) is 16.7 Å². The molecule has 0 unspecified atom stereocenters. The van der Waals surface area contributed by atoms with Crippen LogP contribution in [0.1, 0.15) is 5.56 Å². The summed E-state index contributed by atoms with van der Waals surface area (Å²) in [4.78, 5) is 0.275. The van der Waals surface area contributed by atoms with Crippen LogP contribution in [0.4, 0.5) is 0 Å². The average molecular weight is 179 g/mol. The molecule has 10 heavy (non-hydrogen) atoms. The van der Waals surface area contributed by atoms with Gasteiger partial charge in [-0.3, -0.25) is 0 Å². The van der Waals surface area contributed by atoms with Gasteiger partial charge in [-0.25, -0.2) is 0 Å². The van der Waals surface area contributed by atoms with Crippen molar-refractivity contribution in [2.75, 3.05) is 0 Å². The fourth-order valence-electron chi connectivity index (χ4n) is 0.500. The van der Waals surface area contributed by atoms with E-state index in [9.17, 15) is 5.21 Å². The van der Waals surface area contributed by atoms with Crippen LogP contribution in [0.15, 0.2) is 6.07 Å². The van der Waals surface area contributed by atoms with Gasteiger partial charge < -0.3 is 5.21 Å². The van der Waals surface area contributed by atoms with Gasteiger partial charge >= 0.3 is 5.15 Å². The van der Waals surface area contributed by atoms with E-state index in [-0.39, 0.29) is 15.2 Å². The lowest BCUT2D eigenvalue weighted by molar-refractivity contribution is -0.666. The van der Waals surface area contributed by atoms with Crippen molar-refractivity contribution >= 4 is 23.2 Å². The number of aromatic nitrogens is 2. The monoisotopic (exact) mass is 178 g/mol. The molecule has 1 aromatic heterocycles. The Bertz CT molecular complexity index is 214. The van der Waals surface area contributed by atoms with Gasteiger partial charge in [-0.2, -0.15) is 0 Å². The van der Waals surface area contributed by atoms with E-state index in [4.69, 9.17) is 23.2 Å². The summed E-state index contributed by atoms with van der Waals surface area (Å²) in [6.45, 7) is 1.72. The lowest BCUT2D eigenvalue weighted by atomic mass is 10.4. The van der Waals surface area contributed by atoms with Gasteiger partial charge in [0.05, 0.1) is 0 Å². The third-order valence-electron chi connectivity index (χ3n) is 1.02. The van der Waals surface area contributed by atoms with Crippen molar-refractivity contribution in [2.45, 2.75) is 6.92 Å². The molecule has 0 aliphatic rings. The van der Waals surface area contributed by atoms with E-state index in [1.807, 2.05) is 0 Å². The van der Waals surface area contributed by atoms with Gasteiger partial charge in [0.1, 0.15) is 0 Å². The summed E-state index contributed by atoms with van der Waals surface area (Å²) in [6, 6.07) is 1.46. The van der Waals surface area contributed by atoms with Gasteiger partial charge in [0.2, 0.25) is 5.15 Å². The van der Waals surface area contributed by atoms with Crippen LogP contribution in [0.25, 0.3) is 0 Å². The summed E-state index contributed by atoms with van der Waals surface area (Å²) >= 11 is 10.9. The number of rotatable bonds is 0. The molecular weight excluding hydrogens is 175 g/mol. The Kier molecular flexibility index (Phi) is 1.97. The minimum atomic E-state index is 0.0295. The quantitative estimate of drug-likeness (QED) is 0.445. The fourth-order valence-corrected chi connectivity index (χ4v) is 0.824. The zero-order chi connectivity index (χ0) is 7.72. The second-order valence-corrected chi connectivity index (χ2v) is 2.56. The van der Waals surface area contributed by atoms with Crippen LogP contribution in [0, 0.1) is 12.1 Å². The molecule has 0 aliphatic heterocycles. The molecule has 0 saturated carbocycles. The smallest absolute Gasteiger partial charge is 0.313 e. The van der Waals surface area contributed by atoms with Gasteiger partial charge in [-0.15, -0.1) is 0 Å². The maximum Gasteiger partial charge on any atom is 0.313 e. The van der Waals surface area contributed by atoms with Crippen LogP contribution in [0.2, 0.25) is 10.3 Å². The van der Waals surface area contributed by atoms with Crippen molar-refractivity contribution < 1.29 is 4.85 Å². The summed E-state index contributed by atoms with van der Waals surface area (Å²) in [5.41, 5.74) is 0.693. The molecular formula is C5H4Cl2N2O. The third kappa shape index (κ3) is 1.30. The molecule has 5 heteroatoms. The number of nitrogens with zero attached hydrogens (tertiary/aromatic N) is 2. The van der Waals surface area contributed by atoms with E-state index in [1.165, 1.54) is 6.07 Å². The SMILES string of the molecule is Cc1cc(Cl)[n+]([O-])nc1Cl. The first-order valence-electron chi connectivity index (χ1n) is 2.54. The van der Waals surface area contributed by atoms with E-state index in [1.54, 1.807) is 6.92 Å². The topological polar surface area (TPSA) is 39.8 Å². The highest BCUT2D eigenvalue weighted by atomic mass is 35.5. The van der Waals surface area contributed by atoms with Gasteiger partial charge in [0.15, 0.2) is 0 Å². The van der Waals surface area contributed by atoms with Crippen molar-refractivity contribution in [3.63, 3.8) is 0 Å². The van der Waals surface area contributed by atoms with Gasteiger partial charge in [-0.1, -0.05) is 11.6 Å². The normalized spacial score (nSPS) is 9.90. The zero-order valence-corrected chi connectivity index (χ0v) is 6.65. The van der Waals surface area contributed by atoms with Crippen molar-refractivity contribution in [1.82, 2.24) is 5.10 Å². The molecule has 0 fully saturated rings. The summed E-state index contributed by atoms with van der Waals surface area (Å²) in [5, 5.41) is 14.2. The van der Waals surface area contributed by atoms with Crippen molar-refractivity contribution in [3.8, 4) is 0 Å². The largest absolute Gasteiger partial charge is 0.593 e. The average Bonchev–Trinajstić information content (AvgIpc) is 1.84. The van der Waals surface area contributed by atoms with Crippen LogP contribution in [-0.4, -0.2) is 5.10 Å². The predicted octanol–water partition coefficient (Wildman–Crippen LogP) is 1.33. The molecule has 0 aliphatic carbocycles. The van der Waals surface area contributed by atoms with Gasteiger partial charge in [0.25, 0.3) is 0 Å². The molecule has 54 valence electrons. The van der Waals surface area contributed by atoms with Crippen LogP contribution in [-0.2, 0) is 0 Å². The van der Waals surface area contributed by atoms with Crippen LogP contribution >= 0.6 is 23.2 Å². The maximum absolute atomic E-state index is 10.6.